The van der Waals surface area contributed by atoms with Crippen molar-refractivity contribution in [2.75, 3.05) is 0 Å². The van der Waals surface area contributed by atoms with E-state index in [1.54, 1.807) is 20.8 Å². The zero-order chi connectivity index (χ0) is 13.0. The van der Waals surface area contributed by atoms with Crippen molar-refractivity contribution in [2.24, 2.45) is 0 Å². The maximum atomic E-state index is 2.37. The molecule has 0 heterocycles. The van der Waals surface area contributed by atoms with Gasteiger partial charge in [0.15, 0.2) is 0 Å². The van der Waals surface area contributed by atoms with Crippen molar-refractivity contribution in [3.63, 3.8) is 0 Å². The van der Waals surface area contributed by atoms with Crippen LogP contribution in [0.15, 0.2) is 0 Å². The molecule has 0 fully saturated rings. The van der Waals surface area contributed by atoms with Crippen molar-refractivity contribution in [3.8, 4) is 0 Å². The van der Waals surface area contributed by atoms with Crippen LogP contribution in [0.4, 0.5) is 0 Å². The van der Waals surface area contributed by atoms with Crippen LogP contribution in [0.3, 0.4) is 0 Å². The minimum absolute atomic E-state index is 1.41. The maximum absolute atomic E-state index is 2.37. The Morgan fingerprint density at radius 3 is 0.882 bits per heavy atom. The molecule has 0 aromatic rings. The molecule has 0 aliphatic heterocycles. The van der Waals surface area contributed by atoms with Crippen LogP contribution in [-0.2, 0) is 0 Å². The molecular formula is C16H37As. The van der Waals surface area contributed by atoms with Gasteiger partial charge in [-0.1, -0.05) is 0 Å². The summed E-state index contributed by atoms with van der Waals surface area (Å²) in [5.74, 6) is 0. The Kier molecular flexibility index (Phi) is 12.0. The molecule has 0 aliphatic carbocycles. The Morgan fingerprint density at radius 2 is 0.706 bits per heavy atom. The first kappa shape index (κ1) is 17.6. The molecule has 1 heteroatoms. The molecule has 0 bridgehead atoms. The van der Waals surface area contributed by atoms with Crippen LogP contribution in [0.2, 0.25) is 20.8 Å². The van der Waals surface area contributed by atoms with Crippen LogP contribution < -0.4 is 0 Å². The summed E-state index contributed by atoms with van der Waals surface area (Å²) in [6, 6.07) is 0. The van der Waals surface area contributed by atoms with E-state index in [0.717, 1.165) is 0 Å². The van der Waals surface area contributed by atoms with E-state index in [1.165, 1.54) is 51.4 Å². The predicted molar refractivity (Wildman–Crippen MR) is 86.0 cm³/mol. The molecule has 17 heavy (non-hydrogen) atoms. The van der Waals surface area contributed by atoms with Gasteiger partial charge in [-0.2, -0.15) is 0 Å². The monoisotopic (exact) mass is 304 g/mol. The van der Waals surface area contributed by atoms with Gasteiger partial charge in [0.1, 0.15) is 0 Å². The summed E-state index contributed by atoms with van der Waals surface area (Å²) in [7, 11) is 0. The summed E-state index contributed by atoms with van der Waals surface area (Å²) in [6.45, 7) is 9.47. The molecule has 106 valence electrons. The van der Waals surface area contributed by atoms with E-state index in [1.807, 2.05) is 0 Å². The van der Waals surface area contributed by atoms with E-state index < -0.39 is 13.6 Å². The van der Waals surface area contributed by atoms with Crippen LogP contribution in [-0.4, -0.2) is 13.6 Å². The predicted octanol–water partition coefficient (Wildman–Crippen LogP) is 6.37. The SMILES string of the molecule is CCCC[AsH](CCCC)(CCCC)CCCC. The first-order chi connectivity index (χ1) is 8.24. The average Bonchev–Trinajstić information content (AvgIpc) is 2.37. The summed E-state index contributed by atoms with van der Waals surface area (Å²) < 4.78 is 0. The summed E-state index contributed by atoms with van der Waals surface area (Å²) in [5.41, 5.74) is 0. The van der Waals surface area contributed by atoms with Gasteiger partial charge in [0.25, 0.3) is 0 Å². The second-order valence-corrected chi connectivity index (χ2v) is 16.4. The molecule has 0 amide bonds. The molecule has 0 radical (unpaired) electrons. The van der Waals surface area contributed by atoms with Crippen molar-refractivity contribution in [1.29, 1.82) is 0 Å². The van der Waals surface area contributed by atoms with Gasteiger partial charge in [-0.15, -0.1) is 0 Å². The van der Waals surface area contributed by atoms with Crippen LogP contribution in [0.25, 0.3) is 0 Å². The van der Waals surface area contributed by atoms with Gasteiger partial charge in [-0.25, -0.2) is 0 Å². The third-order valence-electron chi connectivity index (χ3n) is 4.24. The van der Waals surface area contributed by atoms with Gasteiger partial charge in [-0.05, 0) is 0 Å². The number of hydrogen-bond donors (Lipinski definition) is 0. The second-order valence-electron chi connectivity index (χ2n) is 5.91. The molecule has 0 atom stereocenters. The van der Waals surface area contributed by atoms with E-state index in [0.29, 0.717) is 0 Å². The number of rotatable bonds is 12. The average molecular weight is 304 g/mol. The van der Waals surface area contributed by atoms with Gasteiger partial charge >= 0.3 is 113 Å². The van der Waals surface area contributed by atoms with Gasteiger partial charge in [0.2, 0.25) is 0 Å². The van der Waals surface area contributed by atoms with Crippen LogP contribution in [0.1, 0.15) is 79.1 Å². The molecule has 0 saturated heterocycles. The molecule has 0 N–H and O–H groups in total. The summed E-state index contributed by atoms with van der Waals surface area (Å²) in [5, 5.41) is 6.71. The van der Waals surface area contributed by atoms with Crippen molar-refractivity contribution in [3.05, 3.63) is 0 Å². The van der Waals surface area contributed by atoms with E-state index in [2.05, 4.69) is 27.7 Å². The molecular weight excluding hydrogens is 267 g/mol. The molecule has 0 aliphatic rings. The molecule has 0 aromatic carbocycles. The zero-order valence-corrected chi connectivity index (χ0v) is 15.1. The van der Waals surface area contributed by atoms with Gasteiger partial charge in [0.05, 0.1) is 0 Å². The Labute approximate surface area is 113 Å². The van der Waals surface area contributed by atoms with Gasteiger partial charge in [0, 0.05) is 0 Å². The normalized spacial score (nSPS) is 12.9. The number of hydrogen-bond acceptors (Lipinski definition) is 0. The molecule has 0 unspecified atom stereocenters. The van der Waals surface area contributed by atoms with E-state index >= 15 is 0 Å². The van der Waals surface area contributed by atoms with Gasteiger partial charge in [-0.3, -0.25) is 0 Å². The van der Waals surface area contributed by atoms with E-state index in [9.17, 15) is 0 Å². The first-order valence-electron chi connectivity index (χ1n) is 8.24. The Bertz CT molecular complexity index is 116. The molecule has 0 rings (SSSR count). The Balaban J connectivity index is 4.39. The molecule has 0 saturated carbocycles. The fourth-order valence-electron chi connectivity index (χ4n) is 2.96. The summed E-state index contributed by atoms with van der Waals surface area (Å²) in [6.07, 6.45) is 11.8. The minimum atomic E-state index is -1.43. The molecule has 0 spiro atoms. The van der Waals surface area contributed by atoms with Crippen molar-refractivity contribution in [1.82, 2.24) is 0 Å². The van der Waals surface area contributed by atoms with Crippen LogP contribution in [0.5, 0.6) is 0 Å². The van der Waals surface area contributed by atoms with Crippen molar-refractivity contribution < 1.29 is 0 Å². The first-order valence-corrected chi connectivity index (χ1v) is 14.2. The zero-order valence-electron chi connectivity index (χ0n) is 13.0. The van der Waals surface area contributed by atoms with Gasteiger partial charge < -0.3 is 0 Å². The van der Waals surface area contributed by atoms with Crippen molar-refractivity contribution >= 4 is 13.6 Å². The van der Waals surface area contributed by atoms with E-state index in [-0.39, 0.29) is 0 Å². The quantitative estimate of drug-likeness (QED) is 0.368. The Hall–Kier alpha value is 0.558. The fraction of sp³-hybridized carbons (Fsp3) is 1.00. The second kappa shape index (κ2) is 11.6. The summed E-state index contributed by atoms with van der Waals surface area (Å²) >= 11 is -1.43. The third kappa shape index (κ3) is 8.30. The standard InChI is InChI=1S/C16H37As/c1-5-9-13-17(14-10-6-2,15-11-7-3)16-12-8-4/h17H,5-16H2,1-4H3. The Morgan fingerprint density at radius 1 is 0.471 bits per heavy atom. The van der Waals surface area contributed by atoms with Crippen molar-refractivity contribution in [2.45, 2.75) is 99.9 Å². The van der Waals surface area contributed by atoms with Crippen LogP contribution in [0, 0.1) is 0 Å². The van der Waals surface area contributed by atoms with Crippen LogP contribution >= 0.6 is 0 Å². The molecule has 0 nitrogen and oxygen atoms in total. The topological polar surface area (TPSA) is 0 Å². The summed E-state index contributed by atoms with van der Waals surface area (Å²) in [4.78, 5) is 0. The number of unbranched alkanes of at least 4 members (excludes halogenated alkanes) is 4. The van der Waals surface area contributed by atoms with E-state index in [4.69, 9.17) is 0 Å². The fourth-order valence-corrected chi connectivity index (χ4v) is 15.4. The third-order valence-corrected chi connectivity index (χ3v) is 16.1. The molecule has 0 aromatic heterocycles.